The lowest BCUT2D eigenvalue weighted by Gasteiger charge is -2.18. The third-order valence-electron chi connectivity index (χ3n) is 3.46. The highest BCUT2D eigenvalue weighted by molar-refractivity contribution is 7.08. The minimum atomic E-state index is 0.279. The molecule has 21 heavy (non-hydrogen) atoms. The summed E-state index contributed by atoms with van der Waals surface area (Å²) in [5.74, 6) is 0.965. The third kappa shape index (κ3) is 4.87. The van der Waals surface area contributed by atoms with E-state index in [2.05, 4.69) is 60.3 Å². The average Bonchev–Trinajstić information content (AvgIpc) is 3.03. The predicted molar refractivity (Wildman–Crippen MR) is 91.3 cm³/mol. The fourth-order valence-corrected chi connectivity index (χ4v) is 2.93. The summed E-state index contributed by atoms with van der Waals surface area (Å²) >= 11 is 1.75. The normalized spacial score (nSPS) is 12.3. The monoisotopic (exact) mass is 303 g/mol. The maximum atomic E-state index is 5.73. The van der Waals surface area contributed by atoms with Gasteiger partial charge < -0.3 is 10.1 Å². The van der Waals surface area contributed by atoms with Gasteiger partial charge >= 0.3 is 0 Å². The first kappa shape index (κ1) is 16.1. The molecule has 0 radical (unpaired) electrons. The predicted octanol–water partition coefficient (Wildman–Crippen LogP) is 5.02. The van der Waals surface area contributed by atoms with Crippen LogP contribution in [0, 0.1) is 0 Å². The van der Waals surface area contributed by atoms with Crippen molar-refractivity contribution in [3.8, 4) is 5.75 Å². The molecule has 1 N–H and O–H groups in total. The van der Waals surface area contributed by atoms with Gasteiger partial charge in [-0.3, -0.25) is 0 Å². The molecule has 1 unspecified atom stereocenters. The van der Waals surface area contributed by atoms with Crippen LogP contribution in [0.15, 0.2) is 41.1 Å². The van der Waals surface area contributed by atoms with E-state index in [0.29, 0.717) is 0 Å². The molecular formula is C18H25NOS. The van der Waals surface area contributed by atoms with Gasteiger partial charge in [0.25, 0.3) is 0 Å². The van der Waals surface area contributed by atoms with Gasteiger partial charge in [0.15, 0.2) is 0 Å². The van der Waals surface area contributed by atoms with Gasteiger partial charge in [-0.15, -0.1) is 0 Å². The highest BCUT2D eigenvalue weighted by atomic mass is 32.1. The molecule has 2 nitrogen and oxygen atoms in total. The maximum absolute atomic E-state index is 5.73. The topological polar surface area (TPSA) is 21.3 Å². The molecule has 3 heteroatoms. The number of thiophene rings is 1. The number of hydrogen-bond acceptors (Lipinski definition) is 3. The van der Waals surface area contributed by atoms with Crippen LogP contribution in [0.2, 0.25) is 0 Å². The molecule has 1 aromatic carbocycles. The molecule has 2 aromatic rings. The first-order valence-corrected chi connectivity index (χ1v) is 8.77. The molecule has 0 aliphatic heterocycles. The molecule has 0 aliphatic carbocycles. The Labute approximate surface area is 132 Å². The number of nitrogens with one attached hydrogen (secondary N) is 1. The fourth-order valence-electron chi connectivity index (χ4n) is 2.25. The summed E-state index contributed by atoms with van der Waals surface area (Å²) in [6, 6.07) is 11.0. The Hall–Kier alpha value is -1.32. The van der Waals surface area contributed by atoms with Gasteiger partial charge in [0.05, 0.1) is 12.6 Å². The highest BCUT2D eigenvalue weighted by Crippen LogP contribution is 2.26. The first-order valence-electron chi connectivity index (χ1n) is 7.83. The van der Waals surface area contributed by atoms with Crippen molar-refractivity contribution in [1.29, 1.82) is 0 Å². The number of rotatable bonds is 9. The summed E-state index contributed by atoms with van der Waals surface area (Å²) in [5, 5.41) is 7.98. The van der Waals surface area contributed by atoms with E-state index < -0.39 is 0 Å². The largest absolute Gasteiger partial charge is 0.494 e. The lowest BCUT2D eigenvalue weighted by molar-refractivity contribution is 0.309. The lowest BCUT2D eigenvalue weighted by Crippen LogP contribution is -2.22. The number of unbranched alkanes of at least 4 members (excludes halogenated alkanes) is 1. The van der Waals surface area contributed by atoms with Crippen LogP contribution in [0.25, 0.3) is 0 Å². The van der Waals surface area contributed by atoms with Crippen molar-refractivity contribution in [2.24, 2.45) is 0 Å². The molecule has 2 rings (SSSR count). The van der Waals surface area contributed by atoms with Gasteiger partial charge in [0.1, 0.15) is 5.75 Å². The van der Waals surface area contributed by atoms with Crippen molar-refractivity contribution in [3.05, 3.63) is 52.2 Å². The zero-order valence-electron chi connectivity index (χ0n) is 13.0. The minimum absolute atomic E-state index is 0.279. The zero-order valence-corrected chi connectivity index (χ0v) is 13.8. The Kier molecular flexibility index (Phi) is 6.77. The van der Waals surface area contributed by atoms with E-state index in [1.165, 1.54) is 17.5 Å². The average molecular weight is 303 g/mol. The molecule has 0 amide bonds. The van der Waals surface area contributed by atoms with Crippen LogP contribution in [-0.2, 0) is 0 Å². The second kappa shape index (κ2) is 8.85. The van der Waals surface area contributed by atoms with Crippen LogP contribution < -0.4 is 10.1 Å². The van der Waals surface area contributed by atoms with Gasteiger partial charge in [0.2, 0.25) is 0 Å². The van der Waals surface area contributed by atoms with E-state index in [-0.39, 0.29) is 6.04 Å². The van der Waals surface area contributed by atoms with Crippen molar-refractivity contribution in [3.63, 3.8) is 0 Å². The van der Waals surface area contributed by atoms with Crippen LogP contribution in [0.3, 0.4) is 0 Å². The van der Waals surface area contributed by atoms with Crippen molar-refractivity contribution in [1.82, 2.24) is 5.32 Å². The molecular weight excluding hydrogens is 278 g/mol. The summed E-state index contributed by atoms with van der Waals surface area (Å²) in [5.41, 5.74) is 2.64. The Morgan fingerprint density at radius 2 is 1.86 bits per heavy atom. The van der Waals surface area contributed by atoms with E-state index in [4.69, 9.17) is 4.74 Å². The molecule has 1 atom stereocenters. The Bertz CT molecular complexity index is 492. The zero-order chi connectivity index (χ0) is 14.9. The minimum Gasteiger partial charge on any atom is -0.494 e. The van der Waals surface area contributed by atoms with E-state index in [0.717, 1.165) is 31.7 Å². The summed E-state index contributed by atoms with van der Waals surface area (Å²) < 4.78 is 5.73. The van der Waals surface area contributed by atoms with Gasteiger partial charge in [-0.25, -0.2) is 0 Å². The van der Waals surface area contributed by atoms with Crippen molar-refractivity contribution in [2.75, 3.05) is 13.2 Å². The molecule has 1 aromatic heterocycles. The van der Waals surface area contributed by atoms with Crippen LogP contribution in [0.4, 0.5) is 0 Å². The van der Waals surface area contributed by atoms with E-state index in [1.807, 2.05) is 0 Å². The molecule has 1 heterocycles. The third-order valence-corrected chi connectivity index (χ3v) is 4.16. The second-order valence-corrected chi connectivity index (χ2v) is 5.99. The Morgan fingerprint density at radius 3 is 2.48 bits per heavy atom. The SMILES string of the molecule is CCCCOc1ccc(C(NCCC)c2ccsc2)cc1. The molecule has 0 saturated carbocycles. The van der Waals surface area contributed by atoms with Gasteiger partial charge in [-0.2, -0.15) is 11.3 Å². The molecule has 0 aliphatic rings. The molecule has 114 valence electrons. The molecule has 0 bridgehead atoms. The molecule has 0 saturated heterocycles. The van der Waals surface area contributed by atoms with E-state index in [1.54, 1.807) is 11.3 Å². The van der Waals surface area contributed by atoms with Crippen LogP contribution in [-0.4, -0.2) is 13.2 Å². The Balaban J connectivity index is 2.06. The van der Waals surface area contributed by atoms with Crippen molar-refractivity contribution < 1.29 is 4.74 Å². The van der Waals surface area contributed by atoms with E-state index in [9.17, 15) is 0 Å². The summed E-state index contributed by atoms with van der Waals surface area (Å²) in [6.45, 7) is 6.20. The van der Waals surface area contributed by atoms with Crippen molar-refractivity contribution >= 4 is 11.3 Å². The smallest absolute Gasteiger partial charge is 0.119 e. The van der Waals surface area contributed by atoms with Crippen LogP contribution >= 0.6 is 11.3 Å². The number of hydrogen-bond donors (Lipinski definition) is 1. The fraction of sp³-hybridized carbons (Fsp3) is 0.444. The Morgan fingerprint density at radius 1 is 1.05 bits per heavy atom. The van der Waals surface area contributed by atoms with Gasteiger partial charge in [-0.1, -0.05) is 32.4 Å². The second-order valence-electron chi connectivity index (χ2n) is 5.21. The summed E-state index contributed by atoms with van der Waals surface area (Å²) in [7, 11) is 0. The standard InChI is InChI=1S/C18H25NOS/c1-3-5-12-20-17-8-6-15(7-9-17)18(19-11-4-2)16-10-13-21-14-16/h6-10,13-14,18-19H,3-5,11-12H2,1-2H3. The highest BCUT2D eigenvalue weighted by Gasteiger charge is 2.13. The van der Waals surface area contributed by atoms with E-state index >= 15 is 0 Å². The van der Waals surface area contributed by atoms with Gasteiger partial charge in [-0.05, 0) is 59.5 Å². The number of benzene rings is 1. The van der Waals surface area contributed by atoms with Crippen LogP contribution in [0.1, 0.15) is 50.3 Å². The van der Waals surface area contributed by atoms with Crippen LogP contribution in [0.5, 0.6) is 5.75 Å². The molecule has 0 fully saturated rings. The first-order chi connectivity index (χ1) is 10.3. The molecule has 0 spiro atoms. The summed E-state index contributed by atoms with van der Waals surface area (Å²) in [4.78, 5) is 0. The number of ether oxygens (including phenoxy) is 1. The maximum Gasteiger partial charge on any atom is 0.119 e. The van der Waals surface area contributed by atoms with Gasteiger partial charge in [0, 0.05) is 0 Å². The summed E-state index contributed by atoms with van der Waals surface area (Å²) in [6.07, 6.45) is 3.41. The quantitative estimate of drug-likeness (QED) is 0.657. The van der Waals surface area contributed by atoms with Crippen molar-refractivity contribution in [2.45, 2.75) is 39.2 Å². The lowest BCUT2D eigenvalue weighted by atomic mass is 10.0.